The van der Waals surface area contributed by atoms with Gasteiger partial charge in [-0.05, 0) is 13.8 Å². The van der Waals surface area contributed by atoms with Crippen molar-refractivity contribution in [2.24, 2.45) is 10.9 Å². The molecule has 0 bridgehead atoms. The highest BCUT2D eigenvalue weighted by molar-refractivity contribution is 6.09. The van der Waals surface area contributed by atoms with Crippen LogP contribution in [0.2, 0.25) is 0 Å². The van der Waals surface area contributed by atoms with E-state index in [1.807, 2.05) is 0 Å². The zero-order valence-electron chi connectivity index (χ0n) is 13.0. The van der Waals surface area contributed by atoms with Gasteiger partial charge in [-0.25, -0.2) is 4.79 Å². The highest BCUT2D eigenvalue weighted by atomic mass is 16.6. The minimum atomic E-state index is -1.44. The molecule has 0 aromatic heterocycles. The molecule has 0 aromatic rings. The average molecular weight is 333 g/mol. The number of nitrogens with zero attached hydrogens (tertiary/aromatic N) is 1. The van der Waals surface area contributed by atoms with Crippen molar-refractivity contribution in [1.29, 1.82) is 0 Å². The van der Waals surface area contributed by atoms with Gasteiger partial charge in [0.2, 0.25) is 0 Å². The fourth-order valence-corrected chi connectivity index (χ4v) is 2.12. The number of carbonyl (C=O) groups excluding carboxylic acids is 1. The van der Waals surface area contributed by atoms with E-state index in [0.717, 1.165) is 6.21 Å². The van der Waals surface area contributed by atoms with Crippen LogP contribution in [0.4, 0.5) is 0 Å². The van der Waals surface area contributed by atoms with Gasteiger partial charge in [-0.15, -0.1) is 0 Å². The van der Waals surface area contributed by atoms with Crippen molar-refractivity contribution < 1.29 is 39.8 Å². The SMILES string of the molecule is CCOC(=O)/C(C=NC[C@@H]1[C@@H](O)[C@H](O)[C@@H](CO)O[C@@H]1O)=C(/C)O. The average Bonchev–Trinajstić information content (AvgIpc) is 2.49. The second kappa shape index (κ2) is 8.94. The number of carbonyl (C=O) groups is 1. The number of rotatable bonds is 6. The minimum Gasteiger partial charge on any atom is -0.512 e. The van der Waals surface area contributed by atoms with Crippen molar-refractivity contribution in [3.05, 3.63) is 11.3 Å². The molecular weight excluding hydrogens is 310 g/mol. The van der Waals surface area contributed by atoms with Crippen LogP contribution in [0.25, 0.3) is 0 Å². The van der Waals surface area contributed by atoms with E-state index in [9.17, 15) is 25.2 Å². The van der Waals surface area contributed by atoms with Gasteiger partial charge >= 0.3 is 5.97 Å². The lowest BCUT2D eigenvalue weighted by Gasteiger charge is -2.39. The van der Waals surface area contributed by atoms with Crippen LogP contribution in [0, 0.1) is 5.92 Å². The molecule has 9 heteroatoms. The summed E-state index contributed by atoms with van der Waals surface area (Å²) in [5, 5.41) is 47.9. The monoisotopic (exact) mass is 333 g/mol. The topological polar surface area (TPSA) is 149 Å². The van der Waals surface area contributed by atoms with Crippen molar-refractivity contribution in [3.63, 3.8) is 0 Å². The van der Waals surface area contributed by atoms with E-state index in [-0.39, 0.29) is 24.5 Å². The summed E-state index contributed by atoms with van der Waals surface area (Å²) in [5.74, 6) is -1.99. The van der Waals surface area contributed by atoms with Crippen LogP contribution in [0.1, 0.15) is 13.8 Å². The van der Waals surface area contributed by atoms with Crippen LogP contribution >= 0.6 is 0 Å². The highest BCUT2D eigenvalue weighted by Gasteiger charge is 2.43. The lowest BCUT2D eigenvalue weighted by Crippen LogP contribution is -2.56. The predicted molar refractivity (Wildman–Crippen MR) is 78.8 cm³/mol. The van der Waals surface area contributed by atoms with Crippen LogP contribution in [-0.2, 0) is 14.3 Å². The first-order valence-corrected chi connectivity index (χ1v) is 7.20. The van der Waals surface area contributed by atoms with Gasteiger partial charge in [0.05, 0.1) is 25.2 Å². The summed E-state index contributed by atoms with van der Waals surface area (Å²) in [6, 6.07) is 0. The first-order valence-electron chi connectivity index (χ1n) is 7.20. The molecular formula is C14H23NO8. The number of esters is 1. The largest absolute Gasteiger partial charge is 0.512 e. The van der Waals surface area contributed by atoms with Gasteiger partial charge in [-0.3, -0.25) is 4.99 Å². The Bertz CT molecular complexity index is 460. The van der Waals surface area contributed by atoms with Gasteiger partial charge in [0.15, 0.2) is 6.29 Å². The smallest absolute Gasteiger partial charge is 0.343 e. The number of hydrogen-bond acceptors (Lipinski definition) is 9. The molecule has 0 radical (unpaired) electrons. The summed E-state index contributed by atoms with van der Waals surface area (Å²) in [7, 11) is 0. The number of aliphatic hydroxyl groups excluding tert-OH is 5. The number of ether oxygens (including phenoxy) is 2. The van der Waals surface area contributed by atoms with Crippen molar-refractivity contribution in [2.75, 3.05) is 19.8 Å². The van der Waals surface area contributed by atoms with Gasteiger partial charge in [-0.2, -0.15) is 0 Å². The molecule has 1 aliphatic rings. The van der Waals surface area contributed by atoms with E-state index in [0.29, 0.717) is 0 Å². The normalized spacial score (nSPS) is 32.7. The molecule has 0 saturated carbocycles. The molecule has 23 heavy (non-hydrogen) atoms. The molecule has 0 amide bonds. The van der Waals surface area contributed by atoms with Crippen molar-refractivity contribution in [1.82, 2.24) is 0 Å². The molecule has 5 atom stereocenters. The Kier molecular flexibility index (Phi) is 7.59. The van der Waals surface area contributed by atoms with E-state index in [4.69, 9.17) is 14.6 Å². The summed E-state index contributed by atoms with van der Waals surface area (Å²) in [5.41, 5.74) is -0.152. The summed E-state index contributed by atoms with van der Waals surface area (Å²) >= 11 is 0. The maximum absolute atomic E-state index is 11.6. The molecule has 5 N–H and O–H groups in total. The lowest BCUT2D eigenvalue weighted by atomic mass is 9.91. The Hall–Kier alpha value is -1.52. The summed E-state index contributed by atoms with van der Waals surface area (Å²) in [6.45, 7) is 2.32. The molecule has 132 valence electrons. The van der Waals surface area contributed by atoms with Crippen molar-refractivity contribution in [3.8, 4) is 0 Å². The molecule has 1 saturated heterocycles. The van der Waals surface area contributed by atoms with Crippen LogP contribution in [-0.4, -0.2) is 82.1 Å². The van der Waals surface area contributed by atoms with Crippen LogP contribution in [0.15, 0.2) is 16.3 Å². The zero-order valence-corrected chi connectivity index (χ0v) is 13.0. The van der Waals surface area contributed by atoms with Crippen molar-refractivity contribution in [2.45, 2.75) is 38.4 Å². The third-order valence-corrected chi connectivity index (χ3v) is 3.45. The van der Waals surface area contributed by atoms with Gasteiger partial charge in [-0.1, -0.05) is 0 Å². The Morgan fingerprint density at radius 3 is 2.48 bits per heavy atom. The van der Waals surface area contributed by atoms with Gasteiger partial charge in [0.25, 0.3) is 0 Å². The maximum Gasteiger partial charge on any atom is 0.343 e. The molecule has 0 spiro atoms. The van der Waals surface area contributed by atoms with Gasteiger partial charge < -0.3 is 35.0 Å². The standard InChI is InChI=1S/C14H23NO8/c1-3-22-13(20)8(7(2)17)4-15-5-9-11(18)12(19)10(6-16)23-14(9)21/h4,9-12,14,16-19,21H,3,5-6H2,1-2H3/b8-7-,15-4?/t9-,10-,11-,12-,14+/m1/s1. The number of aliphatic hydroxyl groups is 5. The number of hydrogen-bond donors (Lipinski definition) is 5. The summed E-state index contributed by atoms with van der Waals surface area (Å²) in [4.78, 5) is 15.5. The molecule has 0 aromatic carbocycles. The third-order valence-electron chi connectivity index (χ3n) is 3.45. The lowest BCUT2D eigenvalue weighted by molar-refractivity contribution is -0.267. The van der Waals surface area contributed by atoms with Gasteiger partial charge in [0.1, 0.15) is 23.5 Å². The fraction of sp³-hybridized carbons (Fsp3) is 0.714. The fourth-order valence-electron chi connectivity index (χ4n) is 2.12. The summed E-state index contributed by atoms with van der Waals surface area (Å²) in [6.07, 6.45) is -4.19. The molecule has 1 heterocycles. The van der Waals surface area contributed by atoms with E-state index >= 15 is 0 Å². The third kappa shape index (κ3) is 4.98. The first kappa shape index (κ1) is 19.5. The number of allylic oxidation sites excluding steroid dienone is 1. The highest BCUT2D eigenvalue weighted by Crippen LogP contribution is 2.25. The quantitative estimate of drug-likeness (QED) is 0.171. The maximum atomic E-state index is 11.6. The number of aliphatic imine (C=N–C) groups is 1. The molecule has 1 aliphatic heterocycles. The summed E-state index contributed by atoms with van der Waals surface area (Å²) < 4.78 is 9.75. The second-order valence-corrected chi connectivity index (χ2v) is 5.11. The van der Waals surface area contributed by atoms with Crippen LogP contribution in [0.5, 0.6) is 0 Å². The zero-order chi connectivity index (χ0) is 17.6. The Morgan fingerprint density at radius 2 is 1.96 bits per heavy atom. The van der Waals surface area contributed by atoms with Crippen LogP contribution < -0.4 is 0 Å². The van der Waals surface area contributed by atoms with E-state index in [2.05, 4.69) is 4.99 Å². The van der Waals surface area contributed by atoms with Crippen LogP contribution in [0.3, 0.4) is 0 Å². The minimum absolute atomic E-state index is 0.131. The Labute approximate surface area is 133 Å². The van der Waals surface area contributed by atoms with E-state index in [1.54, 1.807) is 6.92 Å². The van der Waals surface area contributed by atoms with Gasteiger partial charge in [0, 0.05) is 12.8 Å². The molecule has 9 nitrogen and oxygen atoms in total. The van der Waals surface area contributed by atoms with E-state index < -0.39 is 43.1 Å². The molecule has 1 fully saturated rings. The first-order chi connectivity index (χ1) is 10.8. The Morgan fingerprint density at radius 1 is 1.30 bits per heavy atom. The van der Waals surface area contributed by atoms with Crippen molar-refractivity contribution >= 4 is 12.2 Å². The van der Waals surface area contributed by atoms with E-state index in [1.165, 1.54) is 6.92 Å². The molecule has 0 unspecified atom stereocenters. The Balaban J connectivity index is 2.75. The predicted octanol–water partition coefficient (Wildman–Crippen LogP) is -1.50. The molecule has 1 rings (SSSR count). The molecule has 0 aliphatic carbocycles. The second-order valence-electron chi connectivity index (χ2n) is 5.11.